The molecule has 0 unspecified atom stereocenters. The molecule has 0 saturated carbocycles. The van der Waals surface area contributed by atoms with Gasteiger partial charge in [0.15, 0.2) is 0 Å². The first-order chi connectivity index (χ1) is 16.1. The molecule has 1 aliphatic rings. The molecule has 0 N–H and O–H groups in total. The lowest BCUT2D eigenvalue weighted by molar-refractivity contribution is -0.0695. The predicted octanol–water partition coefficient (Wildman–Crippen LogP) is 5.80. The van der Waals surface area contributed by atoms with Crippen LogP contribution in [0.2, 0.25) is 5.02 Å². The molecule has 0 radical (unpaired) electrons. The normalized spacial score (nSPS) is 19.6. The van der Waals surface area contributed by atoms with Gasteiger partial charge in [-0.25, -0.2) is 9.59 Å². The number of hydrogen-bond donors (Lipinski definition) is 0. The van der Waals surface area contributed by atoms with E-state index in [2.05, 4.69) is 0 Å². The maximum Gasteiger partial charge on any atom is 0.338 e. The fourth-order valence-electron chi connectivity index (χ4n) is 3.16. The molecule has 1 heterocycles. The van der Waals surface area contributed by atoms with E-state index in [1.54, 1.807) is 66.7 Å². The van der Waals surface area contributed by atoms with Crippen molar-refractivity contribution >= 4 is 35.3 Å². The number of halogens is 1. The molecule has 0 spiro atoms. The smallest absolute Gasteiger partial charge is 0.338 e. The summed E-state index contributed by atoms with van der Waals surface area (Å²) in [6.07, 6.45) is 2.24. The number of carbonyl (C=O) groups is 2. The molecule has 1 aliphatic heterocycles. The topological polar surface area (TPSA) is 61.8 Å². The second-order valence-electron chi connectivity index (χ2n) is 7.20. The SMILES string of the molecule is O=C(OC[C@H]1O[C@H](Sc2ccc(Cl)cc2)C=C[C@@H]1OC(=O)c1ccccc1)c1ccccc1. The Morgan fingerprint density at radius 1 is 0.818 bits per heavy atom. The van der Waals surface area contributed by atoms with E-state index < -0.39 is 24.1 Å². The van der Waals surface area contributed by atoms with E-state index in [9.17, 15) is 9.59 Å². The number of ether oxygens (including phenoxy) is 3. The van der Waals surface area contributed by atoms with Crippen molar-refractivity contribution in [3.05, 3.63) is 113 Å². The lowest BCUT2D eigenvalue weighted by Crippen LogP contribution is -2.41. The molecule has 3 aromatic carbocycles. The Labute approximate surface area is 201 Å². The fraction of sp³-hybridized carbons (Fsp3) is 0.154. The summed E-state index contributed by atoms with van der Waals surface area (Å²) in [5, 5.41) is 0.651. The number of benzene rings is 3. The molecule has 5 nitrogen and oxygen atoms in total. The van der Waals surface area contributed by atoms with Crippen LogP contribution in [-0.2, 0) is 14.2 Å². The van der Waals surface area contributed by atoms with Crippen molar-refractivity contribution in [1.29, 1.82) is 0 Å². The minimum Gasteiger partial charge on any atom is -0.459 e. The third kappa shape index (κ3) is 6.48. The molecule has 0 bridgehead atoms. The molecule has 0 aliphatic carbocycles. The van der Waals surface area contributed by atoms with Crippen molar-refractivity contribution in [2.45, 2.75) is 22.5 Å². The molecular weight excluding hydrogens is 460 g/mol. The van der Waals surface area contributed by atoms with Crippen LogP contribution in [0.25, 0.3) is 0 Å². The second kappa shape index (κ2) is 11.2. The van der Waals surface area contributed by atoms with E-state index >= 15 is 0 Å². The summed E-state index contributed by atoms with van der Waals surface area (Å²) >= 11 is 7.44. The lowest BCUT2D eigenvalue weighted by atomic mass is 10.1. The summed E-state index contributed by atoms with van der Waals surface area (Å²) in [4.78, 5) is 26.0. The average Bonchev–Trinajstić information content (AvgIpc) is 2.86. The van der Waals surface area contributed by atoms with Crippen LogP contribution >= 0.6 is 23.4 Å². The first-order valence-electron chi connectivity index (χ1n) is 10.3. The minimum atomic E-state index is -0.705. The van der Waals surface area contributed by atoms with Gasteiger partial charge in [-0.3, -0.25) is 0 Å². The Kier molecular flexibility index (Phi) is 7.83. The van der Waals surface area contributed by atoms with Gasteiger partial charge in [0.05, 0.1) is 11.1 Å². The maximum absolute atomic E-state index is 12.6. The molecule has 0 amide bonds. The van der Waals surface area contributed by atoms with Crippen molar-refractivity contribution in [3.8, 4) is 0 Å². The molecule has 3 atom stereocenters. The van der Waals surface area contributed by atoms with Gasteiger partial charge in [0.1, 0.15) is 24.3 Å². The molecule has 0 saturated heterocycles. The van der Waals surface area contributed by atoms with Gasteiger partial charge in [0.25, 0.3) is 0 Å². The number of rotatable bonds is 7. The Hall–Kier alpha value is -3.06. The molecule has 4 rings (SSSR count). The quantitative estimate of drug-likeness (QED) is 0.315. The van der Waals surface area contributed by atoms with Crippen LogP contribution < -0.4 is 0 Å². The highest BCUT2D eigenvalue weighted by atomic mass is 35.5. The largest absolute Gasteiger partial charge is 0.459 e. The van der Waals surface area contributed by atoms with E-state index in [-0.39, 0.29) is 12.0 Å². The van der Waals surface area contributed by atoms with Crippen molar-refractivity contribution in [1.82, 2.24) is 0 Å². The molecule has 168 valence electrons. The molecule has 0 aromatic heterocycles. The van der Waals surface area contributed by atoms with Crippen LogP contribution in [-0.4, -0.2) is 36.2 Å². The third-order valence-electron chi connectivity index (χ3n) is 4.84. The predicted molar refractivity (Wildman–Crippen MR) is 127 cm³/mol. The van der Waals surface area contributed by atoms with Gasteiger partial charge in [0.2, 0.25) is 0 Å². The molecule has 33 heavy (non-hydrogen) atoms. The van der Waals surface area contributed by atoms with E-state index in [0.717, 1.165) is 4.90 Å². The van der Waals surface area contributed by atoms with Crippen LogP contribution in [0, 0.1) is 0 Å². The minimum absolute atomic E-state index is 0.0670. The van der Waals surface area contributed by atoms with Crippen molar-refractivity contribution in [2.75, 3.05) is 6.61 Å². The van der Waals surface area contributed by atoms with Gasteiger partial charge in [-0.15, -0.1) is 0 Å². The average molecular weight is 481 g/mol. The Morgan fingerprint density at radius 2 is 1.42 bits per heavy atom. The van der Waals surface area contributed by atoms with E-state index in [4.69, 9.17) is 25.8 Å². The van der Waals surface area contributed by atoms with Crippen LogP contribution in [0.15, 0.2) is 102 Å². The van der Waals surface area contributed by atoms with Gasteiger partial charge in [0, 0.05) is 9.92 Å². The van der Waals surface area contributed by atoms with Crippen LogP contribution in [0.1, 0.15) is 20.7 Å². The summed E-state index contributed by atoms with van der Waals surface area (Å²) in [7, 11) is 0. The molecule has 3 aromatic rings. The van der Waals surface area contributed by atoms with Gasteiger partial charge in [-0.1, -0.05) is 59.8 Å². The zero-order chi connectivity index (χ0) is 23.0. The van der Waals surface area contributed by atoms with E-state index in [1.807, 2.05) is 30.3 Å². The fourth-order valence-corrected chi connectivity index (χ4v) is 4.22. The zero-order valence-electron chi connectivity index (χ0n) is 17.5. The monoisotopic (exact) mass is 480 g/mol. The number of esters is 2. The standard InChI is InChI=1S/C26H21ClO5S/c27-20-11-13-21(14-12-20)33-24-16-15-22(32-26(29)19-9-5-2-6-10-19)23(31-24)17-30-25(28)18-7-3-1-4-8-18/h1-16,22-24H,17H2/t22-,23+,24+/m0/s1. The molecular formula is C26H21ClO5S. The third-order valence-corrected chi connectivity index (χ3v) is 6.14. The van der Waals surface area contributed by atoms with Crippen LogP contribution in [0.4, 0.5) is 0 Å². The summed E-state index contributed by atoms with van der Waals surface area (Å²) in [5.41, 5.74) is 0.524. The van der Waals surface area contributed by atoms with Crippen LogP contribution in [0.5, 0.6) is 0 Å². The summed E-state index contributed by atoms with van der Waals surface area (Å²) in [5.74, 6) is -0.944. The molecule has 0 fully saturated rings. The Balaban J connectivity index is 1.46. The first kappa shape index (κ1) is 23.1. The van der Waals surface area contributed by atoms with Crippen molar-refractivity contribution in [3.63, 3.8) is 0 Å². The molecule has 7 heteroatoms. The van der Waals surface area contributed by atoms with Gasteiger partial charge >= 0.3 is 11.9 Å². The Morgan fingerprint density at radius 3 is 2.06 bits per heavy atom. The van der Waals surface area contributed by atoms with Crippen LogP contribution in [0.3, 0.4) is 0 Å². The summed E-state index contributed by atoms with van der Waals surface area (Å²) in [6.45, 7) is -0.0670. The van der Waals surface area contributed by atoms with Gasteiger partial charge in [-0.05, 0) is 60.7 Å². The van der Waals surface area contributed by atoms with Crippen molar-refractivity contribution in [2.24, 2.45) is 0 Å². The first-order valence-corrected chi connectivity index (χ1v) is 11.6. The highest BCUT2D eigenvalue weighted by molar-refractivity contribution is 8.00. The lowest BCUT2D eigenvalue weighted by Gasteiger charge is -2.31. The number of hydrogen-bond acceptors (Lipinski definition) is 6. The van der Waals surface area contributed by atoms with Gasteiger partial charge < -0.3 is 14.2 Å². The van der Waals surface area contributed by atoms with E-state index in [1.165, 1.54) is 11.8 Å². The second-order valence-corrected chi connectivity index (χ2v) is 8.81. The highest BCUT2D eigenvalue weighted by Crippen LogP contribution is 2.31. The summed E-state index contributed by atoms with van der Waals surface area (Å²) in [6, 6.07) is 24.8. The van der Waals surface area contributed by atoms with Gasteiger partial charge in [-0.2, -0.15) is 0 Å². The number of carbonyl (C=O) groups excluding carboxylic acids is 2. The van der Waals surface area contributed by atoms with E-state index in [0.29, 0.717) is 16.1 Å². The Bertz CT molecular complexity index is 1100. The number of thioether (sulfide) groups is 1. The highest BCUT2D eigenvalue weighted by Gasteiger charge is 2.32. The zero-order valence-corrected chi connectivity index (χ0v) is 19.1. The maximum atomic E-state index is 12.6. The van der Waals surface area contributed by atoms with Crippen molar-refractivity contribution < 1.29 is 23.8 Å². The summed E-state index contributed by atoms with van der Waals surface area (Å²) < 4.78 is 17.3.